The van der Waals surface area contributed by atoms with E-state index in [2.05, 4.69) is 20.3 Å². The zero-order valence-corrected chi connectivity index (χ0v) is 13.8. The van der Waals surface area contributed by atoms with Gasteiger partial charge in [0.1, 0.15) is 0 Å². The zero-order chi connectivity index (χ0) is 16.7. The summed E-state index contributed by atoms with van der Waals surface area (Å²) in [4.78, 5) is 20.9. The Hall–Kier alpha value is -2.51. The Labute approximate surface area is 139 Å². The molecule has 0 aromatic carbocycles. The lowest BCUT2D eigenvalue weighted by Gasteiger charge is -2.21. The fraction of sp³-hybridized carbons (Fsp3) is 0.562. The molecule has 4 rings (SSSR count). The molecule has 1 amide bonds. The van der Waals surface area contributed by atoms with Crippen LogP contribution in [0.4, 0.5) is 5.82 Å². The van der Waals surface area contributed by atoms with E-state index in [1.807, 2.05) is 19.0 Å². The van der Waals surface area contributed by atoms with Crippen molar-refractivity contribution in [2.75, 3.05) is 25.5 Å². The lowest BCUT2D eigenvalue weighted by molar-refractivity contribution is 0.0721. The Kier molecular flexibility index (Phi) is 3.66. The molecule has 1 atom stereocenters. The summed E-state index contributed by atoms with van der Waals surface area (Å²) in [5, 5.41) is 12.3. The summed E-state index contributed by atoms with van der Waals surface area (Å²) in [5.41, 5.74) is 0.346. The molecule has 0 spiro atoms. The molecule has 2 aromatic heterocycles. The molecule has 1 aliphatic heterocycles. The quantitative estimate of drug-likeness (QED) is 0.845. The molecule has 1 aliphatic carbocycles. The van der Waals surface area contributed by atoms with Crippen LogP contribution in [0.15, 0.2) is 16.7 Å². The Balaban J connectivity index is 1.53. The van der Waals surface area contributed by atoms with E-state index in [9.17, 15) is 4.79 Å². The van der Waals surface area contributed by atoms with Crippen LogP contribution in [0.3, 0.4) is 0 Å². The van der Waals surface area contributed by atoms with Gasteiger partial charge in [0.25, 0.3) is 5.91 Å². The average molecular weight is 328 g/mol. The van der Waals surface area contributed by atoms with Crippen molar-refractivity contribution in [1.82, 2.24) is 25.2 Å². The number of hydrogen-bond acceptors (Lipinski definition) is 7. The summed E-state index contributed by atoms with van der Waals surface area (Å²) < 4.78 is 5.34. The van der Waals surface area contributed by atoms with Gasteiger partial charge in [0.15, 0.2) is 17.3 Å². The van der Waals surface area contributed by atoms with Gasteiger partial charge in [0.2, 0.25) is 5.89 Å². The van der Waals surface area contributed by atoms with Crippen LogP contribution in [0.2, 0.25) is 0 Å². The standard InChI is InChI=1S/C16H20N6O2/c1-21(2)13-8-7-11(18-19-13)16(23)22-9-3-4-12(22)14-17-15(24-20-14)10-5-6-10/h7-8,10,12H,3-6,9H2,1-2H3/t12-/m1/s1. The van der Waals surface area contributed by atoms with E-state index < -0.39 is 0 Å². The van der Waals surface area contributed by atoms with E-state index in [-0.39, 0.29) is 11.9 Å². The summed E-state index contributed by atoms with van der Waals surface area (Å²) in [7, 11) is 3.77. The first-order valence-corrected chi connectivity index (χ1v) is 8.29. The molecule has 3 heterocycles. The average Bonchev–Trinajstić information content (AvgIpc) is 3.12. The van der Waals surface area contributed by atoms with E-state index in [0.29, 0.717) is 29.9 Å². The van der Waals surface area contributed by atoms with Gasteiger partial charge in [-0.3, -0.25) is 4.79 Å². The van der Waals surface area contributed by atoms with Crippen molar-refractivity contribution in [3.63, 3.8) is 0 Å². The van der Waals surface area contributed by atoms with Gasteiger partial charge in [0, 0.05) is 26.6 Å². The van der Waals surface area contributed by atoms with Gasteiger partial charge < -0.3 is 14.3 Å². The number of rotatable bonds is 4. The number of carbonyl (C=O) groups is 1. The first-order valence-electron chi connectivity index (χ1n) is 8.29. The summed E-state index contributed by atoms with van der Waals surface area (Å²) in [6, 6.07) is 3.38. The van der Waals surface area contributed by atoms with Crippen LogP contribution in [0.1, 0.15) is 59.8 Å². The molecule has 8 heteroatoms. The minimum atomic E-state index is -0.135. The van der Waals surface area contributed by atoms with Gasteiger partial charge >= 0.3 is 0 Å². The molecule has 0 radical (unpaired) electrons. The van der Waals surface area contributed by atoms with Crippen molar-refractivity contribution in [1.29, 1.82) is 0 Å². The van der Waals surface area contributed by atoms with Crippen molar-refractivity contribution in [2.45, 2.75) is 37.6 Å². The molecule has 24 heavy (non-hydrogen) atoms. The highest BCUT2D eigenvalue weighted by Gasteiger charge is 2.36. The number of likely N-dealkylation sites (tertiary alicyclic amines) is 1. The largest absolute Gasteiger partial charge is 0.361 e. The number of carbonyl (C=O) groups excluding carboxylic acids is 1. The predicted octanol–water partition coefficient (Wildman–Crippen LogP) is 1.78. The topological polar surface area (TPSA) is 88.3 Å². The van der Waals surface area contributed by atoms with Crippen LogP contribution >= 0.6 is 0 Å². The molecular formula is C16H20N6O2. The van der Waals surface area contributed by atoms with Gasteiger partial charge in [-0.2, -0.15) is 4.98 Å². The summed E-state index contributed by atoms with van der Waals surface area (Å²) >= 11 is 0. The third-order valence-electron chi connectivity index (χ3n) is 4.52. The molecule has 1 saturated carbocycles. The van der Waals surface area contributed by atoms with E-state index >= 15 is 0 Å². The fourth-order valence-electron chi connectivity index (χ4n) is 2.98. The molecule has 2 fully saturated rings. The molecule has 1 saturated heterocycles. The summed E-state index contributed by atoms with van der Waals surface area (Å²) in [5.74, 6) is 2.33. The van der Waals surface area contributed by atoms with Crippen LogP contribution in [0, 0.1) is 0 Å². The highest BCUT2D eigenvalue weighted by Crippen LogP contribution is 2.40. The minimum absolute atomic E-state index is 0.131. The van der Waals surface area contributed by atoms with Gasteiger partial charge in [-0.25, -0.2) is 0 Å². The SMILES string of the molecule is CN(C)c1ccc(C(=O)N2CCC[C@@H]2c2noc(C3CC3)n2)nn1. The Bertz CT molecular complexity index is 737. The third kappa shape index (κ3) is 2.72. The molecule has 0 N–H and O–H groups in total. The van der Waals surface area contributed by atoms with E-state index in [1.54, 1.807) is 17.0 Å². The molecule has 2 aliphatic rings. The Morgan fingerprint density at radius 3 is 2.75 bits per heavy atom. The second-order valence-electron chi connectivity index (χ2n) is 6.59. The highest BCUT2D eigenvalue weighted by atomic mass is 16.5. The maximum atomic E-state index is 12.8. The predicted molar refractivity (Wildman–Crippen MR) is 85.6 cm³/mol. The van der Waals surface area contributed by atoms with Gasteiger partial charge in [0.05, 0.1) is 6.04 Å². The zero-order valence-electron chi connectivity index (χ0n) is 13.8. The Morgan fingerprint density at radius 2 is 2.08 bits per heavy atom. The van der Waals surface area contributed by atoms with Crippen LogP contribution in [-0.2, 0) is 0 Å². The van der Waals surface area contributed by atoms with Crippen LogP contribution in [0.5, 0.6) is 0 Å². The molecule has 8 nitrogen and oxygen atoms in total. The van der Waals surface area contributed by atoms with Crippen molar-refractivity contribution in [3.8, 4) is 0 Å². The number of nitrogens with zero attached hydrogens (tertiary/aromatic N) is 6. The number of hydrogen-bond donors (Lipinski definition) is 0. The first-order chi connectivity index (χ1) is 11.6. The number of amides is 1. The van der Waals surface area contributed by atoms with Gasteiger partial charge in [-0.1, -0.05) is 5.16 Å². The van der Waals surface area contributed by atoms with E-state index in [4.69, 9.17) is 4.52 Å². The smallest absolute Gasteiger partial charge is 0.274 e. The summed E-state index contributed by atoms with van der Waals surface area (Å²) in [6.45, 7) is 0.675. The lowest BCUT2D eigenvalue weighted by Crippen LogP contribution is -2.32. The molecule has 2 aromatic rings. The van der Waals surface area contributed by atoms with Crippen molar-refractivity contribution >= 4 is 11.7 Å². The molecule has 0 bridgehead atoms. The molecule has 0 unspecified atom stereocenters. The number of anilines is 1. The van der Waals surface area contributed by atoms with Crippen molar-refractivity contribution < 1.29 is 9.32 Å². The van der Waals surface area contributed by atoms with Gasteiger partial charge in [-0.05, 0) is 37.8 Å². The minimum Gasteiger partial charge on any atom is -0.361 e. The molecule has 126 valence electrons. The highest BCUT2D eigenvalue weighted by molar-refractivity contribution is 5.92. The van der Waals surface area contributed by atoms with E-state index in [0.717, 1.165) is 31.5 Å². The number of aromatic nitrogens is 4. The normalized spacial score (nSPS) is 20.4. The van der Waals surface area contributed by atoms with Crippen molar-refractivity contribution in [3.05, 3.63) is 29.5 Å². The molecular weight excluding hydrogens is 308 g/mol. The maximum absolute atomic E-state index is 12.8. The lowest BCUT2D eigenvalue weighted by atomic mass is 10.2. The van der Waals surface area contributed by atoms with Gasteiger partial charge in [-0.15, -0.1) is 10.2 Å². The van der Waals surface area contributed by atoms with Crippen LogP contribution in [-0.4, -0.2) is 51.8 Å². The van der Waals surface area contributed by atoms with Crippen LogP contribution in [0.25, 0.3) is 0 Å². The summed E-state index contributed by atoms with van der Waals surface area (Å²) in [6.07, 6.45) is 4.00. The first kappa shape index (κ1) is 15.0. The Morgan fingerprint density at radius 1 is 1.25 bits per heavy atom. The second kappa shape index (κ2) is 5.85. The second-order valence-corrected chi connectivity index (χ2v) is 6.59. The van der Waals surface area contributed by atoms with Crippen molar-refractivity contribution in [2.24, 2.45) is 0 Å². The fourth-order valence-corrected chi connectivity index (χ4v) is 2.98. The van der Waals surface area contributed by atoms with Crippen LogP contribution < -0.4 is 4.90 Å². The third-order valence-corrected chi connectivity index (χ3v) is 4.52. The monoisotopic (exact) mass is 328 g/mol. The maximum Gasteiger partial charge on any atom is 0.274 e. The van der Waals surface area contributed by atoms with E-state index in [1.165, 1.54) is 0 Å².